The molecule has 184 valence electrons. The van der Waals surface area contributed by atoms with Crippen molar-refractivity contribution >= 4 is 40.1 Å². The van der Waals surface area contributed by atoms with Crippen LogP contribution in [0.15, 0.2) is 34.3 Å². The van der Waals surface area contributed by atoms with Gasteiger partial charge >= 0.3 is 0 Å². The third-order valence-electron chi connectivity index (χ3n) is 7.29. The van der Waals surface area contributed by atoms with E-state index in [2.05, 4.69) is 4.90 Å². The molecule has 4 atom stereocenters. The van der Waals surface area contributed by atoms with Gasteiger partial charge in [-0.05, 0) is 68.3 Å². The van der Waals surface area contributed by atoms with Gasteiger partial charge in [0, 0.05) is 46.8 Å². The molecule has 10 heteroatoms. The first-order chi connectivity index (χ1) is 16.2. The van der Waals surface area contributed by atoms with Gasteiger partial charge in [0.2, 0.25) is 0 Å². The maximum atomic E-state index is 14.9. The van der Waals surface area contributed by atoms with Crippen molar-refractivity contribution in [1.82, 2.24) is 9.37 Å². The molecule has 3 aliphatic carbocycles. The van der Waals surface area contributed by atoms with E-state index in [1.165, 1.54) is 12.1 Å². The molecule has 1 spiro atoms. The second-order valence-corrected chi connectivity index (χ2v) is 11.9. The van der Waals surface area contributed by atoms with E-state index in [0.29, 0.717) is 10.8 Å². The normalized spacial score (nSPS) is 29.9. The third kappa shape index (κ3) is 4.80. The average molecular weight is 528 g/mol. The summed E-state index contributed by atoms with van der Waals surface area (Å²) in [7, 11) is -2.07. The van der Waals surface area contributed by atoms with Crippen molar-refractivity contribution in [2.45, 2.75) is 56.6 Å². The van der Waals surface area contributed by atoms with Crippen molar-refractivity contribution in [1.29, 1.82) is 0 Å². The molecule has 0 radical (unpaired) electrons. The van der Waals surface area contributed by atoms with Gasteiger partial charge in [0.15, 0.2) is 0 Å². The summed E-state index contributed by atoms with van der Waals surface area (Å²) in [5.41, 5.74) is 0.386. The van der Waals surface area contributed by atoms with Crippen LogP contribution in [0, 0.1) is 16.4 Å². The molecule has 1 aromatic carbocycles. The first-order valence-corrected chi connectivity index (χ1v) is 13.8. The van der Waals surface area contributed by atoms with Gasteiger partial charge in [0.25, 0.3) is 5.91 Å². The van der Waals surface area contributed by atoms with Crippen LogP contribution in [0.4, 0.5) is 4.39 Å². The van der Waals surface area contributed by atoms with Gasteiger partial charge in [0.05, 0.1) is 5.56 Å². The quantitative estimate of drug-likeness (QED) is 0.476. The predicted molar refractivity (Wildman–Crippen MR) is 131 cm³/mol. The van der Waals surface area contributed by atoms with Gasteiger partial charge in [-0.1, -0.05) is 23.2 Å². The van der Waals surface area contributed by atoms with E-state index in [4.69, 9.17) is 27.9 Å². The number of benzene rings is 1. The lowest BCUT2D eigenvalue weighted by atomic mass is 9.92. The summed E-state index contributed by atoms with van der Waals surface area (Å²) in [4.78, 5) is 14.7. The first kappa shape index (κ1) is 24.3. The number of piperidine rings is 1. The zero-order chi connectivity index (χ0) is 24.2. The molecule has 34 heavy (non-hydrogen) atoms. The van der Waals surface area contributed by atoms with Crippen molar-refractivity contribution in [3.05, 3.63) is 56.5 Å². The number of hydrogen-bond acceptors (Lipinski definition) is 5. The smallest absolute Gasteiger partial charge is 0.258 e. The van der Waals surface area contributed by atoms with E-state index in [1.54, 1.807) is 6.08 Å². The molecular formula is C24H26Cl2FN2O4S-. The molecule has 1 amide bonds. The number of amides is 1. The molecule has 0 bridgehead atoms. The summed E-state index contributed by atoms with van der Waals surface area (Å²) in [6, 6.07) is 2.79. The Morgan fingerprint density at radius 3 is 2.79 bits per heavy atom. The Morgan fingerprint density at radius 1 is 1.35 bits per heavy atom. The SMILES string of the molecule is CS(=O)N([O-])C(=O)c1cc(C2CC2)c(OC2C[C@]23CCCN(C2C=C(Cl)C=C(Cl)C2)C3)cc1F. The Kier molecular flexibility index (Phi) is 6.57. The zero-order valence-corrected chi connectivity index (χ0v) is 21.1. The van der Waals surface area contributed by atoms with Crippen LogP contribution in [0.2, 0.25) is 0 Å². The summed E-state index contributed by atoms with van der Waals surface area (Å²) < 4.78 is 32.4. The highest BCUT2D eigenvalue weighted by Crippen LogP contribution is 2.56. The minimum atomic E-state index is -2.07. The topological polar surface area (TPSA) is 72.9 Å². The number of rotatable bonds is 6. The van der Waals surface area contributed by atoms with E-state index in [-0.39, 0.29) is 33.5 Å². The van der Waals surface area contributed by atoms with E-state index in [0.717, 1.165) is 68.5 Å². The fourth-order valence-corrected chi connectivity index (χ4v) is 6.18. The largest absolute Gasteiger partial charge is 0.744 e. The maximum absolute atomic E-state index is 14.9. The Bertz CT molecular complexity index is 1110. The standard InChI is InChI=1S/C24H26Cl2FN2O4S/c1-34(32)29(31)23(30)19-10-18(14-3-4-14)21(11-20(19)27)33-22-12-24(22)5-2-6-28(13-24)17-8-15(25)7-16(26)9-17/h7-8,10-11,14,17,22H,2-6,9,12-13H2,1H3/q-1/t17?,22?,24-,34?/m0/s1. The van der Waals surface area contributed by atoms with E-state index >= 15 is 0 Å². The molecule has 0 aromatic heterocycles. The number of carbonyl (C=O) groups is 1. The summed E-state index contributed by atoms with van der Waals surface area (Å²) in [5, 5.41) is 13.2. The van der Waals surface area contributed by atoms with Crippen LogP contribution in [0.25, 0.3) is 0 Å². The lowest BCUT2D eigenvalue weighted by molar-refractivity contribution is 0.0898. The lowest BCUT2D eigenvalue weighted by Gasteiger charge is -2.38. The van der Waals surface area contributed by atoms with Crippen LogP contribution in [0.3, 0.4) is 0 Å². The number of carbonyl (C=O) groups excluding carboxylic acids is 1. The Balaban J connectivity index is 1.32. The summed E-state index contributed by atoms with van der Waals surface area (Å²) in [6.07, 6.45) is 10.4. The fourth-order valence-electron chi connectivity index (χ4n) is 5.24. The number of hydroxylamine groups is 1. The number of allylic oxidation sites excluding steroid dienone is 2. The van der Waals surface area contributed by atoms with Crippen molar-refractivity contribution in [2.75, 3.05) is 19.3 Å². The van der Waals surface area contributed by atoms with Crippen LogP contribution in [-0.2, 0) is 11.0 Å². The fraction of sp³-hybridized carbons (Fsp3) is 0.542. The molecule has 5 rings (SSSR count). The molecule has 1 aliphatic heterocycles. The van der Waals surface area contributed by atoms with Crippen molar-refractivity contribution in [2.24, 2.45) is 5.41 Å². The van der Waals surface area contributed by atoms with Crippen molar-refractivity contribution in [3.63, 3.8) is 0 Å². The second kappa shape index (κ2) is 9.21. The van der Waals surface area contributed by atoms with Crippen LogP contribution in [0.5, 0.6) is 5.75 Å². The van der Waals surface area contributed by atoms with Gasteiger partial charge < -0.3 is 14.4 Å². The second-order valence-electron chi connectivity index (χ2n) is 9.79. The van der Waals surface area contributed by atoms with Gasteiger partial charge in [-0.15, -0.1) is 0 Å². The van der Waals surface area contributed by atoms with Crippen molar-refractivity contribution in [3.8, 4) is 5.75 Å². The van der Waals surface area contributed by atoms with Gasteiger partial charge in [-0.25, -0.2) is 8.60 Å². The van der Waals surface area contributed by atoms with Crippen LogP contribution >= 0.6 is 23.2 Å². The third-order valence-corrected chi connectivity index (χ3v) is 8.42. The van der Waals surface area contributed by atoms with Crippen LogP contribution < -0.4 is 4.74 Å². The van der Waals surface area contributed by atoms with Gasteiger partial charge in [-0.3, -0.25) is 9.69 Å². The number of nitrogens with zero attached hydrogens (tertiary/aromatic N) is 2. The van der Waals surface area contributed by atoms with Gasteiger partial charge in [-0.2, -0.15) is 0 Å². The molecule has 4 aliphatic rings. The molecule has 3 fully saturated rings. The van der Waals surface area contributed by atoms with Gasteiger partial charge in [0.1, 0.15) is 28.7 Å². The van der Waals surface area contributed by atoms with E-state index < -0.39 is 22.7 Å². The van der Waals surface area contributed by atoms with Crippen LogP contribution in [0.1, 0.15) is 60.4 Å². The minimum Gasteiger partial charge on any atom is -0.744 e. The predicted octanol–water partition coefficient (Wildman–Crippen LogP) is 5.19. The molecule has 0 N–H and O–H groups in total. The van der Waals surface area contributed by atoms with Crippen molar-refractivity contribution < 1.29 is 18.1 Å². The molecule has 3 unspecified atom stereocenters. The minimum absolute atomic E-state index is 0.00290. The number of halogens is 3. The number of hydrogen-bond donors (Lipinski definition) is 0. The number of ether oxygens (including phenoxy) is 1. The molecular weight excluding hydrogens is 502 g/mol. The highest BCUT2D eigenvalue weighted by atomic mass is 35.5. The molecule has 1 saturated heterocycles. The highest BCUT2D eigenvalue weighted by Gasteiger charge is 2.58. The Labute approximate surface area is 210 Å². The summed E-state index contributed by atoms with van der Waals surface area (Å²) in [6.45, 7) is 1.83. The zero-order valence-electron chi connectivity index (χ0n) is 18.8. The average Bonchev–Trinajstić information content (AvgIpc) is 3.71. The first-order valence-electron chi connectivity index (χ1n) is 11.5. The Hall–Kier alpha value is -1.45. The highest BCUT2D eigenvalue weighted by molar-refractivity contribution is 7.82. The Morgan fingerprint density at radius 2 is 2.12 bits per heavy atom. The molecule has 2 saturated carbocycles. The summed E-state index contributed by atoms with van der Waals surface area (Å²) >= 11 is 12.5. The van der Waals surface area contributed by atoms with Crippen LogP contribution in [-0.4, -0.2) is 51.0 Å². The molecule has 1 heterocycles. The summed E-state index contributed by atoms with van der Waals surface area (Å²) in [5.74, 6) is -1.35. The van der Waals surface area contributed by atoms with E-state index in [1.807, 2.05) is 6.08 Å². The lowest BCUT2D eigenvalue weighted by Crippen LogP contribution is -2.44. The maximum Gasteiger partial charge on any atom is 0.258 e. The molecule has 6 nitrogen and oxygen atoms in total. The van der Waals surface area contributed by atoms with E-state index in [9.17, 15) is 18.6 Å². The molecule has 1 aromatic rings. The number of likely N-dealkylation sites (tertiary alicyclic amines) is 1. The monoisotopic (exact) mass is 527 g/mol.